The zero-order chi connectivity index (χ0) is 20.7. The van der Waals surface area contributed by atoms with Gasteiger partial charge in [0.1, 0.15) is 18.0 Å². The molecule has 1 aliphatic heterocycles. The van der Waals surface area contributed by atoms with Crippen molar-refractivity contribution in [1.82, 2.24) is 9.29 Å². The van der Waals surface area contributed by atoms with Crippen LogP contribution in [0.2, 0.25) is 0 Å². The molecule has 2 aromatic carbocycles. The number of carbonyl (C=O) groups excluding carboxylic acids is 1. The van der Waals surface area contributed by atoms with E-state index in [0.29, 0.717) is 16.6 Å². The molecule has 0 bridgehead atoms. The SMILES string of the molecule is CC(Nc1cc2cc(N3CC(=O)NS3=O)c(O)cc2n(C)c1=O)c1ccccc1. The number of aromatic nitrogens is 1. The molecule has 29 heavy (non-hydrogen) atoms. The number of nitrogens with one attached hydrogen (secondary N) is 2. The van der Waals surface area contributed by atoms with E-state index in [4.69, 9.17) is 0 Å². The van der Waals surface area contributed by atoms with Crippen LogP contribution < -0.4 is 19.9 Å². The zero-order valence-electron chi connectivity index (χ0n) is 15.9. The van der Waals surface area contributed by atoms with E-state index >= 15 is 0 Å². The molecule has 4 rings (SSSR count). The first-order valence-electron chi connectivity index (χ1n) is 9.02. The molecule has 150 valence electrons. The number of pyridine rings is 1. The predicted octanol–water partition coefficient (Wildman–Crippen LogP) is 1.93. The monoisotopic (exact) mass is 412 g/mol. The van der Waals surface area contributed by atoms with E-state index in [2.05, 4.69) is 10.0 Å². The number of benzene rings is 2. The van der Waals surface area contributed by atoms with Crippen molar-refractivity contribution >= 4 is 39.4 Å². The van der Waals surface area contributed by atoms with Crippen molar-refractivity contribution in [2.75, 3.05) is 16.2 Å². The summed E-state index contributed by atoms with van der Waals surface area (Å²) in [6.07, 6.45) is 0. The number of aryl methyl sites for hydroxylation is 1. The molecule has 1 amide bonds. The van der Waals surface area contributed by atoms with E-state index < -0.39 is 11.2 Å². The summed E-state index contributed by atoms with van der Waals surface area (Å²) >= 11 is -1.75. The Labute approximate surface area is 169 Å². The van der Waals surface area contributed by atoms with E-state index in [1.54, 1.807) is 19.2 Å². The molecule has 0 spiro atoms. The summed E-state index contributed by atoms with van der Waals surface area (Å²) in [6, 6.07) is 14.4. The number of phenols is 1. The van der Waals surface area contributed by atoms with Gasteiger partial charge in [-0.25, -0.2) is 4.21 Å². The lowest BCUT2D eigenvalue weighted by molar-refractivity contribution is -0.117. The third-order valence-electron chi connectivity index (χ3n) is 4.95. The van der Waals surface area contributed by atoms with Crippen LogP contribution in [0.4, 0.5) is 11.4 Å². The number of anilines is 2. The number of amides is 1. The topological polar surface area (TPSA) is 104 Å². The predicted molar refractivity (Wildman–Crippen MR) is 113 cm³/mol. The molecule has 0 radical (unpaired) electrons. The Morgan fingerprint density at radius 1 is 1.17 bits per heavy atom. The maximum atomic E-state index is 12.8. The summed E-state index contributed by atoms with van der Waals surface area (Å²) in [5.41, 5.74) is 2.00. The largest absolute Gasteiger partial charge is 0.506 e. The third-order valence-corrected chi connectivity index (χ3v) is 6.08. The average Bonchev–Trinajstić information content (AvgIpc) is 3.04. The van der Waals surface area contributed by atoms with Crippen LogP contribution in [0.25, 0.3) is 10.9 Å². The summed E-state index contributed by atoms with van der Waals surface area (Å²) < 4.78 is 17.1. The van der Waals surface area contributed by atoms with E-state index in [-0.39, 0.29) is 35.5 Å². The maximum Gasteiger partial charge on any atom is 0.274 e. The van der Waals surface area contributed by atoms with Crippen molar-refractivity contribution in [2.45, 2.75) is 13.0 Å². The molecule has 2 unspecified atom stereocenters. The van der Waals surface area contributed by atoms with E-state index in [0.717, 1.165) is 5.56 Å². The first kappa shape index (κ1) is 19.0. The Bertz CT molecular complexity index is 1190. The van der Waals surface area contributed by atoms with Crippen molar-refractivity contribution in [3.63, 3.8) is 0 Å². The van der Waals surface area contributed by atoms with E-state index in [9.17, 15) is 18.9 Å². The second-order valence-corrected chi connectivity index (χ2v) is 8.05. The molecular formula is C20H20N4O4S. The molecule has 0 saturated carbocycles. The fourth-order valence-electron chi connectivity index (χ4n) is 3.41. The number of nitrogens with zero attached hydrogens (tertiary/aromatic N) is 2. The Balaban J connectivity index is 1.78. The first-order valence-corrected chi connectivity index (χ1v) is 10.1. The highest BCUT2D eigenvalue weighted by atomic mass is 32.2. The van der Waals surface area contributed by atoms with Crippen LogP contribution in [0.15, 0.2) is 53.3 Å². The Morgan fingerprint density at radius 3 is 2.55 bits per heavy atom. The van der Waals surface area contributed by atoms with Crippen molar-refractivity contribution in [3.05, 3.63) is 64.4 Å². The van der Waals surface area contributed by atoms with Gasteiger partial charge in [0.2, 0.25) is 11.2 Å². The molecule has 3 aromatic rings. The lowest BCUT2D eigenvalue weighted by atomic mass is 10.1. The third kappa shape index (κ3) is 3.44. The molecule has 1 aliphatic rings. The Morgan fingerprint density at radius 2 is 1.90 bits per heavy atom. The molecule has 1 fully saturated rings. The van der Waals surface area contributed by atoms with Crippen LogP contribution in [0.5, 0.6) is 5.75 Å². The van der Waals surface area contributed by atoms with Gasteiger partial charge in [0.15, 0.2) is 0 Å². The highest BCUT2D eigenvalue weighted by molar-refractivity contribution is 7.85. The molecule has 2 atom stereocenters. The van der Waals surface area contributed by atoms with E-state index in [1.165, 1.54) is 14.9 Å². The molecule has 2 heterocycles. The molecule has 1 aromatic heterocycles. The summed E-state index contributed by atoms with van der Waals surface area (Å²) in [6.45, 7) is 1.85. The van der Waals surface area contributed by atoms with Crippen LogP contribution in [-0.2, 0) is 23.0 Å². The molecule has 3 N–H and O–H groups in total. The highest BCUT2D eigenvalue weighted by Crippen LogP contribution is 2.34. The second-order valence-electron chi connectivity index (χ2n) is 6.91. The number of phenolic OH excluding ortho intramolecular Hbond substituents is 1. The summed E-state index contributed by atoms with van der Waals surface area (Å²) in [4.78, 5) is 24.3. The lowest BCUT2D eigenvalue weighted by Crippen LogP contribution is -2.24. The van der Waals surface area contributed by atoms with Crippen molar-refractivity contribution < 1.29 is 14.1 Å². The molecular weight excluding hydrogens is 392 g/mol. The van der Waals surface area contributed by atoms with Gasteiger partial charge in [-0.05, 0) is 24.6 Å². The van der Waals surface area contributed by atoms with Gasteiger partial charge in [0.05, 0.1) is 11.2 Å². The van der Waals surface area contributed by atoms with Crippen LogP contribution in [-0.4, -0.2) is 26.3 Å². The van der Waals surface area contributed by atoms with Crippen LogP contribution >= 0.6 is 0 Å². The number of hydrogen-bond donors (Lipinski definition) is 3. The Kier molecular flexibility index (Phi) is 4.75. The van der Waals surface area contributed by atoms with E-state index in [1.807, 2.05) is 37.3 Å². The van der Waals surface area contributed by atoms with Gasteiger partial charge < -0.3 is 15.0 Å². The van der Waals surface area contributed by atoms with Crippen molar-refractivity contribution in [2.24, 2.45) is 7.05 Å². The smallest absolute Gasteiger partial charge is 0.274 e. The van der Waals surface area contributed by atoms with Gasteiger partial charge in [-0.1, -0.05) is 30.3 Å². The van der Waals surface area contributed by atoms with Gasteiger partial charge >= 0.3 is 0 Å². The molecule has 1 saturated heterocycles. The maximum absolute atomic E-state index is 12.8. The summed E-state index contributed by atoms with van der Waals surface area (Å²) in [7, 11) is 1.63. The molecule has 8 nitrogen and oxygen atoms in total. The van der Waals surface area contributed by atoms with Gasteiger partial charge in [0, 0.05) is 24.5 Å². The second kappa shape index (κ2) is 7.25. The van der Waals surface area contributed by atoms with Gasteiger partial charge in [-0.2, -0.15) is 0 Å². The number of aromatic hydroxyl groups is 1. The van der Waals surface area contributed by atoms with Crippen molar-refractivity contribution in [3.8, 4) is 5.75 Å². The van der Waals surface area contributed by atoms with Gasteiger partial charge in [-0.15, -0.1) is 0 Å². The lowest BCUT2D eigenvalue weighted by Gasteiger charge is -2.19. The number of rotatable bonds is 4. The summed E-state index contributed by atoms with van der Waals surface area (Å²) in [5.74, 6) is -0.543. The minimum Gasteiger partial charge on any atom is -0.506 e. The number of hydrogen-bond acceptors (Lipinski definition) is 5. The molecule has 0 aliphatic carbocycles. The normalized spacial score (nSPS) is 17.4. The fourth-order valence-corrected chi connectivity index (χ4v) is 4.33. The quantitative estimate of drug-likeness (QED) is 0.608. The van der Waals surface area contributed by atoms with Crippen LogP contribution in [0, 0.1) is 0 Å². The van der Waals surface area contributed by atoms with Gasteiger partial charge in [0.25, 0.3) is 11.5 Å². The minimum absolute atomic E-state index is 0.0918. The van der Waals surface area contributed by atoms with Crippen LogP contribution in [0.1, 0.15) is 18.5 Å². The average molecular weight is 412 g/mol. The Hall–Kier alpha value is -3.33. The number of carbonyl (C=O) groups is 1. The number of fused-ring (bicyclic) bond motifs is 1. The first-order chi connectivity index (χ1) is 13.8. The highest BCUT2D eigenvalue weighted by Gasteiger charge is 2.29. The fraction of sp³-hybridized carbons (Fsp3) is 0.200. The van der Waals surface area contributed by atoms with Crippen molar-refractivity contribution in [1.29, 1.82) is 0 Å². The standard InChI is InChI=1S/C20H20N4O4S/c1-12(13-6-4-3-5-7-13)21-15-8-14-9-17(24-11-19(26)22-29(24)28)18(25)10-16(14)23(2)20(15)27/h3-10,12,21,25H,11H2,1-2H3,(H,22,26). The minimum atomic E-state index is -1.75. The zero-order valence-corrected chi connectivity index (χ0v) is 16.7. The summed E-state index contributed by atoms with van der Waals surface area (Å²) in [5, 5.41) is 14.3. The molecule has 9 heteroatoms. The van der Waals surface area contributed by atoms with Crippen LogP contribution in [0.3, 0.4) is 0 Å². The van der Waals surface area contributed by atoms with Gasteiger partial charge in [-0.3, -0.25) is 18.6 Å².